The molecule has 0 spiro atoms. The lowest BCUT2D eigenvalue weighted by molar-refractivity contribution is -0.123. The maximum absolute atomic E-state index is 8.36. The Morgan fingerprint density at radius 3 is 0.625 bits per heavy atom. The van der Waals surface area contributed by atoms with Gasteiger partial charge in [0.25, 0.3) is 25.9 Å². The molecular formula is C8H20O8. The maximum atomic E-state index is 8.36. The van der Waals surface area contributed by atoms with Crippen LogP contribution in [0.4, 0.5) is 0 Å². The summed E-state index contributed by atoms with van der Waals surface area (Å²) >= 11 is 0. The highest BCUT2D eigenvalue weighted by molar-refractivity contribution is 5.33. The predicted octanol–water partition coefficient (Wildman–Crippen LogP) is 0.856. The SMILES string of the molecule is C1CCC1.O=CO.O=CO.O=CO.O=CO.[HH].[HH]. The molecule has 0 aromatic carbocycles. The van der Waals surface area contributed by atoms with Crippen molar-refractivity contribution < 1.29 is 42.5 Å². The summed E-state index contributed by atoms with van der Waals surface area (Å²) in [6.07, 6.45) is 6.00. The fourth-order valence-corrected chi connectivity index (χ4v) is 0.250. The van der Waals surface area contributed by atoms with E-state index in [1.807, 2.05) is 0 Å². The Morgan fingerprint density at radius 1 is 0.562 bits per heavy atom. The zero-order valence-corrected chi connectivity index (χ0v) is 8.56. The van der Waals surface area contributed by atoms with Gasteiger partial charge in [-0.05, 0) is 0 Å². The largest absolute Gasteiger partial charge is 0.483 e. The molecule has 1 aliphatic carbocycles. The molecule has 1 fully saturated rings. The quantitative estimate of drug-likeness (QED) is 0.458. The predicted molar refractivity (Wildman–Crippen MR) is 57.5 cm³/mol. The molecule has 0 aliphatic heterocycles. The van der Waals surface area contributed by atoms with Gasteiger partial charge in [-0.3, -0.25) is 19.2 Å². The summed E-state index contributed by atoms with van der Waals surface area (Å²) in [5.74, 6) is 0. The van der Waals surface area contributed by atoms with Crippen molar-refractivity contribution in [1.29, 1.82) is 0 Å². The van der Waals surface area contributed by atoms with Crippen LogP contribution >= 0.6 is 0 Å². The lowest BCUT2D eigenvalue weighted by Gasteiger charge is -2.05. The van der Waals surface area contributed by atoms with E-state index in [2.05, 4.69) is 0 Å². The fraction of sp³-hybridized carbons (Fsp3) is 0.500. The monoisotopic (exact) mass is 244 g/mol. The van der Waals surface area contributed by atoms with Gasteiger partial charge in [-0.15, -0.1) is 0 Å². The first-order chi connectivity index (χ1) is 7.66. The Bertz CT molecular complexity index is 113. The van der Waals surface area contributed by atoms with Crippen molar-refractivity contribution in [3.05, 3.63) is 0 Å². The highest BCUT2D eigenvalue weighted by Crippen LogP contribution is 2.15. The normalized spacial score (nSPS) is 9.00. The van der Waals surface area contributed by atoms with Crippen LogP contribution in [0, 0.1) is 0 Å². The summed E-state index contributed by atoms with van der Waals surface area (Å²) in [5, 5.41) is 27.6. The van der Waals surface area contributed by atoms with Crippen molar-refractivity contribution in [2.24, 2.45) is 0 Å². The molecule has 0 bridgehead atoms. The van der Waals surface area contributed by atoms with Crippen LogP contribution in [-0.2, 0) is 19.2 Å². The zero-order valence-electron chi connectivity index (χ0n) is 8.56. The van der Waals surface area contributed by atoms with Crippen LogP contribution in [0.1, 0.15) is 28.5 Å². The third kappa shape index (κ3) is 398. The molecule has 0 unspecified atom stereocenters. The first-order valence-electron chi connectivity index (χ1n) is 3.98. The van der Waals surface area contributed by atoms with Crippen LogP contribution in [0.2, 0.25) is 0 Å². The summed E-state index contributed by atoms with van der Waals surface area (Å²) in [7, 11) is 0. The van der Waals surface area contributed by atoms with Gasteiger partial charge in [-0.1, -0.05) is 25.7 Å². The summed E-state index contributed by atoms with van der Waals surface area (Å²) in [4.78, 5) is 33.4. The van der Waals surface area contributed by atoms with E-state index in [0.29, 0.717) is 0 Å². The van der Waals surface area contributed by atoms with Gasteiger partial charge >= 0.3 is 0 Å². The molecular weight excluding hydrogens is 224 g/mol. The number of hydrogen-bond acceptors (Lipinski definition) is 4. The van der Waals surface area contributed by atoms with Crippen molar-refractivity contribution in [1.82, 2.24) is 0 Å². The summed E-state index contributed by atoms with van der Waals surface area (Å²) < 4.78 is 0. The van der Waals surface area contributed by atoms with E-state index in [1.165, 1.54) is 25.7 Å². The molecule has 0 saturated heterocycles. The zero-order chi connectivity index (χ0) is 13.7. The van der Waals surface area contributed by atoms with Crippen LogP contribution in [0.15, 0.2) is 0 Å². The minimum Gasteiger partial charge on any atom is -0.483 e. The van der Waals surface area contributed by atoms with Crippen molar-refractivity contribution >= 4 is 25.9 Å². The minimum atomic E-state index is -0.250. The smallest absolute Gasteiger partial charge is 0.290 e. The third-order valence-corrected chi connectivity index (χ3v) is 1.000. The molecule has 16 heavy (non-hydrogen) atoms. The average Bonchev–Trinajstić information content (AvgIpc) is 2.04. The van der Waals surface area contributed by atoms with E-state index in [-0.39, 0.29) is 28.7 Å². The molecule has 1 rings (SSSR count). The first-order valence-corrected chi connectivity index (χ1v) is 3.98. The molecule has 4 N–H and O–H groups in total. The lowest BCUT2D eigenvalue weighted by atomic mass is 10.0. The molecule has 8 heteroatoms. The van der Waals surface area contributed by atoms with Gasteiger partial charge in [0.05, 0.1) is 0 Å². The molecule has 100 valence electrons. The van der Waals surface area contributed by atoms with Gasteiger partial charge in [0, 0.05) is 2.85 Å². The number of carbonyl (C=O) groups is 4. The Kier molecular flexibility index (Phi) is 77.5. The Morgan fingerprint density at radius 2 is 0.625 bits per heavy atom. The van der Waals surface area contributed by atoms with Crippen LogP contribution in [0.5, 0.6) is 0 Å². The highest BCUT2D eigenvalue weighted by Gasteiger charge is 1.95. The molecule has 0 heterocycles. The van der Waals surface area contributed by atoms with Gasteiger partial charge in [0.2, 0.25) is 0 Å². The molecule has 0 aromatic heterocycles. The Balaban J connectivity index is -0.0000000246. The summed E-state index contributed by atoms with van der Waals surface area (Å²) in [6.45, 7) is -1.00. The Hall–Kier alpha value is -2.12. The molecule has 8 nitrogen and oxygen atoms in total. The molecule has 0 radical (unpaired) electrons. The van der Waals surface area contributed by atoms with Crippen molar-refractivity contribution in [3.63, 3.8) is 0 Å². The van der Waals surface area contributed by atoms with E-state index in [1.54, 1.807) is 0 Å². The average molecular weight is 244 g/mol. The Labute approximate surface area is 95.1 Å². The van der Waals surface area contributed by atoms with Crippen molar-refractivity contribution in [3.8, 4) is 0 Å². The number of carboxylic acid groups (broad SMARTS) is 4. The van der Waals surface area contributed by atoms with E-state index >= 15 is 0 Å². The molecule has 0 aromatic rings. The van der Waals surface area contributed by atoms with E-state index in [0.717, 1.165) is 0 Å². The standard InChI is InChI=1S/C4H8.4CH2O2.2H2/c1-2-4-3-1;4*2-1-3;;/h1-4H2;4*1H,(H,2,3);2*1H. The van der Waals surface area contributed by atoms with Gasteiger partial charge in [0.15, 0.2) is 0 Å². The van der Waals surface area contributed by atoms with Crippen LogP contribution in [-0.4, -0.2) is 46.3 Å². The van der Waals surface area contributed by atoms with Gasteiger partial charge in [0.1, 0.15) is 0 Å². The van der Waals surface area contributed by atoms with Crippen LogP contribution < -0.4 is 0 Å². The van der Waals surface area contributed by atoms with E-state index < -0.39 is 0 Å². The minimum absolute atomic E-state index is 0. The first kappa shape index (κ1) is 23.6. The topological polar surface area (TPSA) is 149 Å². The highest BCUT2D eigenvalue weighted by atomic mass is 16.4. The second-order valence-corrected chi connectivity index (χ2v) is 1.84. The van der Waals surface area contributed by atoms with E-state index in [4.69, 9.17) is 39.6 Å². The molecule has 0 atom stereocenters. The second-order valence-electron chi connectivity index (χ2n) is 1.84. The molecule has 1 saturated carbocycles. The number of rotatable bonds is 0. The van der Waals surface area contributed by atoms with Crippen LogP contribution in [0.25, 0.3) is 0 Å². The number of hydrogen-bond donors (Lipinski definition) is 4. The fourth-order valence-electron chi connectivity index (χ4n) is 0.250. The van der Waals surface area contributed by atoms with Crippen molar-refractivity contribution in [2.45, 2.75) is 25.7 Å². The van der Waals surface area contributed by atoms with Crippen LogP contribution in [0.3, 0.4) is 0 Å². The lowest BCUT2D eigenvalue weighted by Crippen LogP contribution is -1.85. The second kappa shape index (κ2) is 52.6. The van der Waals surface area contributed by atoms with Gasteiger partial charge in [-0.25, -0.2) is 0 Å². The summed E-state index contributed by atoms with van der Waals surface area (Å²) in [6, 6.07) is 0. The maximum Gasteiger partial charge on any atom is 0.290 e. The van der Waals surface area contributed by atoms with Gasteiger partial charge < -0.3 is 20.4 Å². The van der Waals surface area contributed by atoms with Crippen molar-refractivity contribution in [2.75, 3.05) is 0 Å². The molecule has 0 amide bonds. The third-order valence-electron chi connectivity index (χ3n) is 1.000. The van der Waals surface area contributed by atoms with Gasteiger partial charge in [-0.2, -0.15) is 0 Å². The molecule has 1 aliphatic rings. The van der Waals surface area contributed by atoms with E-state index in [9.17, 15) is 0 Å². The summed E-state index contributed by atoms with van der Waals surface area (Å²) in [5.41, 5.74) is 0.